The quantitative estimate of drug-likeness (QED) is 0.515. The highest BCUT2D eigenvalue weighted by Gasteiger charge is 2.14. The van der Waals surface area contributed by atoms with Gasteiger partial charge in [0.15, 0.2) is 5.78 Å². The molecule has 0 spiro atoms. The van der Waals surface area contributed by atoms with Crippen molar-refractivity contribution >= 4 is 27.4 Å². The molecule has 0 aliphatic carbocycles. The molecule has 1 aromatic carbocycles. The minimum Gasteiger partial charge on any atom is -0.494 e. The van der Waals surface area contributed by atoms with E-state index in [1.165, 1.54) is 7.11 Å². The maximum atomic E-state index is 13.0. The smallest absolute Gasteiger partial charge is 0.175 e. The molecule has 0 aliphatic rings. The summed E-state index contributed by atoms with van der Waals surface area (Å²) in [5.41, 5.74) is 5.91. The summed E-state index contributed by atoms with van der Waals surface area (Å²) in [6, 6.07) is 2.24. The fraction of sp³-hybridized carbons (Fsp3) is 0.222. The summed E-state index contributed by atoms with van der Waals surface area (Å²) in [6.45, 7) is 0. The summed E-state index contributed by atoms with van der Waals surface area (Å²) in [7, 11) is 1.37. The van der Waals surface area contributed by atoms with Crippen molar-refractivity contribution in [3.8, 4) is 5.75 Å². The number of benzene rings is 1. The number of hydrogen-bond acceptors (Lipinski definition) is 3. The van der Waals surface area contributed by atoms with Crippen LogP contribution in [0.2, 0.25) is 0 Å². The Morgan fingerprint density at radius 3 is 2.79 bits per heavy atom. The topological polar surface area (TPSA) is 52.3 Å². The lowest BCUT2D eigenvalue weighted by Gasteiger charge is -2.08. The largest absolute Gasteiger partial charge is 0.494 e. The normalized spacial score (nSPS) is 9.93. The Balaban J connectivity index is 3.29. The molecule has 1 rings (SSSR count). The molecule has 0 unspecified atom stereocenters. The summed E-state index contributed by atoms with van der Waals surface area (Å²) in [4.78, 5) is 11.3. The highest BCUT2D eigenvalue weighted by Crippen LogP contribution is 2.27. The van der Waals surface area contributed by atoms with Gasteiger partial charge in [-0.15, -0.1) is 0 Å². The number of halogens is 2. The highest BCUT2D eigenvalue weighted by atomic mass is 79.9. The van der Waals surface area contributed by atoms with E-state index in [1.54, 1.807) is 0 Å². The second-order valence-corrected chi connectivity index (χ2v) is 3.19. The lowest BCUT2D eigenvalue weighted by Crippen LogP contribution is -2.07. The fourth-order valence-electron chi connectivity index (χ4n) is 1.06. The van der Waals surface area contributed by atoms with Crippen molar-refractivity contribution in [3.63, 3.8) is 0 Å². The summed E-state index contributed by atoms with van der Waals surface area (Å²) in [5, 5.41) is 0.101. The summed E-state index contributed by atoms with van der Waals surface area (Å²) >= 11 is 2.99. The number of anilines is 1. The van der Waals surface area contributed by atoms with Crippen LogP contribution in [0.15, 0.2) is 12.1 Å². The van der Waals surface area contributed by atoms with Gasteiger partial charge in [-0.05, 0) is 6.07 Å². The van der Waals surface area contributed by atoms with E-state index in [0.717, 1.165) is 12.1 Å². The van der Waals surface area contributed by atoms with Crippen LogP contribution in [-0.2, 0) is 0 Å². The van der Waals surface area contributed by atoms with Crippen molar-refractivity contribution in [2.24, 2.45) is 0 Å². The average Bonchev–Trinajstić information content (AvgIpc) is 2.19. The van der Waals surface area contributed by atoms with Crippen LogP contribution < -0.4 is 10.5 Å². The van der Waals surface area contributed by atoms with Crippen molar-refractivity contribution in [3.05, 3.63) is 23.5 Å². The lowest BCUT2D eigenvalue weighted by atomic mass is 10.1. The van der Waals surface area contributed by atoms with Gasteiger partial charge in [-0.3, -0.25) is 4.79 Å². The molecule has 0 amide bonds. The second-order valence-electron chi connectivity index (χ2n) is 2.63. The zero-order chi connectivity index (χ0) is 10.7. The van der Waals surface area contributed by atoms with Crippen LogP contribution >= 0.6 is 15.9 Å². The summed E-state index contributed by atoms with van der Waals surface area (Å²) in [6.07, 6.45) is 0. The van der Waals surface area contributed by atoms with Gasteiger partial charge in [-0.2, -0.15) is 0 Å². The maximum absolute atomic E-state index is 13.0. The number of ether oxygens (including phenoxy) is 1. The Morgan fingerprint density at radius 1 is 1.64 bits per heavy atom. The molecule has 0 aliphatic heterocycles. The predicted octanol–water partition coefficient (Wildman–Crippen LogP) is 1.99. The van der Waals surface area contributed by atoms with Crippen LogP contribution in [0.5, 0.6) is 5.75 Å². The molecular formula is C9H9BrFNO2. The number of nitrogen functional groups attached to an aromatic ring is 1. The first-order valence-corrected chi connectivity index (χ1v) is 4.94. The number of carbonyl (C=O) groups is 1. The van der Waals surface area contributed by atoms with Crippen molar-refractivity contribution in [2.75, 3.05) is 18.2 Å². The Labute approximate surface area is 89.2 Å². The summed E-state index contributed by atoms with van der Waals surface area (Å²) < 4.78 is 17.8. The number of alkyl halides is 1. The molecule has 2 N–H and O–H groups in total. The van der Waals surface area contributed by atoms with Gasteiger partial charge in [0, 0.05) is 11.6 Å². The number of Topliss-reactive ketones (excluding diaryl/α,β-unsaturated/α-hetero) is 1. The van der Waals surface area contributed by atoms with Crippen LogP contribution in [0.25, 0.3) is 0 Å². The van der Waals surface area contributed by atoms with Gasteiger partial charge in [-0.1, -0.05) is 15.9 Å². The van der Waals surface area contributed by atoms with E-state index >= 15 is 0 Å². The van der Waals surface area contributed by atoms with Gasteiger partial charge >= 0.3 is 0 Å². The molecule has 0 atom stereocenters. The maximum Gasteiger partial charge on any atom is 0.175 e. The number of hydrogen-bond donors (Lipinski definition) is 1. The monoisotopic (exact) mass is 261 g/mol. The molecule has 5 heteroatoms. The minimum absolute atomic E-state index is 0.101. The van der Waals surface area contributed by atoms with Gasteiger partial charge in [0.2, 0.25) is 0 Å². The molecule has 76 valence electrons. The molecule has 0 saturated heterocycles. The molecule has 14 heavy (non-hydrogen) atoms. The number of ketones is 1. The zero-order valence-electron chi connectivity index (χ0n) is 7.51. The van der Waals surface area contributed by atoms with Gasteiger partial charge in [0.05, 0.1) is 18.1 Å². The van der Waals surface area contributed by atoms with Gasteiger partial charge in [-0.25, -0.2) is 4.39 Å². The first-order valence-electron chi connectivity index (χ1n) is 3.82. The Morgan fingerprint density at radius 2 is 2.29 bits per heavy atom. The van der Waals surface area contributed by atoms with Gasteiger partial charge < -0.3 is 10.5 Å². The third-order valence-electron chi connectivity index (χ3n) is 1.75. The SMILES string of the molecule is COc1cc(F)cc(C(=O)CBr)c1N. The summed E-state index contributed by atoms with van der Waals surface area (Å²) in [5.74, 6) is -0.644. The van der Waals surface area contributed by atoms with Gasteiger partial charge in [0.25, 0.3) is 0 Å². The number of rotatable bonds is 3. The van der Waals surface area contributed by atoms with Crippen LogP contribution in [0, 0.1) is 5.82 Å². The molecule has 0 saturated carbocycles. The van der Waals surface area contributed by atoms with Crippen LogP contribution in [0.4, 0.5) is 10.1 Å². The number of carbonyl (C=O) groups excluding carboxylic acids is 1. The van der Waals surface area contributed by atoms with Crippen LogP contribution in [-0.4, -0.2) is 18.2 Å². The molecule has 0 aromatic heterocycles. The Kier molecular flexibility index (Phi) is 3.46. The first-order chi connectivity index (χ1) is 6.60. The standard InChI is InChI=1S/C9H9BrFNO2/c1-14-8-3-5(11)2-6(9(8)12)7(13)4-10/h2-3H,4,12H2,1H3. The molecule has 0 heterocycles. The van der Waals surface area contributed by atoms with E-state index in [1.807, 2.05) is 0 Å². The fourth-order valence-corrected chi connectivity index (χ4v) is 1.37. The number of nitrogens with two attached hydrogens (primary N) is 1. The molecule has 0 radical (unpaired) electrons. The first kappa shape index (κ1) is 11.0. The van der Waals surface area contributed by atoms with Crippen LogP contribution in [0.3, 0.4) is 0 Å². The van der Waals surface area contributed by atoms with Gasteiger partial charge in [0.1, 0.15) is 11.6 Å². The Hall–Kier alpha value is -1.10. The van der Waals surface area contributed by atoms with E-state index in [-0.39, 0.29) is 28.1 Å². The minimum atomic E-state index is -0.541. The van der Waals surface area contributed by atoms with E-state index in [4.69, 9.17) is 10.5 Å². The Bertz CT molecular complexity index is 368. The van der Waals surface area contributed by atoms with Crippen molar-refractivity contribution < 1.29 is 13.9 Å². The predicted molar refractivity (Wildman–Crippen MR) is 55.5 cm³/mol. The van der Waals surface area contributed by atoms with E-state index in [0.29, 0.717) is 0 Å². The van der Waals surface area contributed by atoms with Crippen LogP contribution in [0.1, 0.15) is 10.4 Å². The van der Waals surface area contributed by atoms with Crippen molar-refractivity contribution in [2.45, 2.75) is 0 Å². The van der Waals surface area contributed by atoms with Crippen molar-refractivity contribution in [1.29, 1.82) is 0 Å². The average molecular weight is 262 g/mol. The highest BCUT2D eigenvalue weighted by molar-refractivity contribution is 9.09. The third-order valence-corrected chi connectivity index (χ3v) is 2.26. The zero-order valence-corrected chi connectivity index (χ0v) is 9.10. The molecule has 0 fully saturated rings. The molecule has 0 bridgehead atoms. The lowest BCUT2D eigenvalue weighted by molar-refractivity contribution is 0.102. The van der Waals surface area contributed by atoms with E-state index in [2.05, 4.69) is 15.9 Å². The second kappa shape index (κ2) is 4.41. The van der Waals surface area contributed by atoms with E-state index < -0.39 is 5.82 Å². The molecular weight excluding hydrogens is 253 g/mol. The molecule has 3 nitrogen and oxygen atoms in total. The third kappa shape index (κ3) is 2.04. The number of methoxy groups -OCH3 is 1. The molecule has 1 aromatic rings. The van der Waals surface area contributed by atoms with Crippen molar-refractivity contribution in [1.82, 2.24) is 0 Å². The van der Waals surface area contributed by atoms with E-state index in [9.17, 15) is 9.18 Å².